The van der Waals surface area contributed by atoms with Gasteiger partial charge < -0.3 is 10.2 Å². The smallest absolute Gasteiger partial charge is 0.242 e. The van der Waals surface area contributed by atoms with Crippen molar-refractivity contribution in [3.63, 3.8) is 0 Å². The summed E-state index contributed by atoms with van der Waals surface area (Å²) in [6, 6.07) is 14.8. The largest absolute Gasteiger partial charge is 0.354 e. The molecule has 2 amide bonds. The van der Waals surface area contributed by atoms with Crippen molar-refractivity contribution in [2.75, 3.05) is 12.3 Å². The molecule has 162 valence electrons. The van der Waals surface area contributed by atoms with E-state index in [1.807, 2.05) is 62.4 Å². The van der Waals surface area contributed by atoms with Gasteiger partial charge in [-0.15, -0.1) is 11.8 Å². The van der Waals surface area contributed by atoms with Gasteiger partial charge in [-0.2, -0.15) is 0 Å². The van der Waals surface area contributed by atoms with Gasteiger partial charge in [0.05, 0.1) is 0 Å². The van der Waals surface area contributed by atoms with Crippen LogP contribution in [0.2, 0.25) is 5.02 Å². The van der Waals surface area contributed by atoms with Gasteiger partial charge in [0.25, 0.3) is 0 Å². The van der Waals surface area contributed by atoms with Crippen molar-refractivity contribution in [3.8, 4) is 0 Å². The Morgan fingerprint density at radius 3 is 2.47 bits per heavy atom. The van der Waals surface area contributed by atoms with E-state index in [4.69, 9.17) is 11.6 Å². The van der Waals surface area contributed by atoms with Crippen molar-refractivity contribution in [1.29, 1.82) is 0 Å². The number of thioether (sulfide) groups is 1. The van der Waals surface area contributed by atoms with Crippen LogP contribution >= 0.6 is 39.3 Å². The molecule has 0 aliphatic heterocycles. The minimum absolute atomic E-state index is 0.0383. The Balaban J connectivity index is 2.05. The van der Waals surface area contributed by atoms with Crippen LogP contribution in [0.15, 0.2) is 57.9 Å². The second-order valence-corrected chi connectivity index (χ2v) is 10.0. The van der Waals surface area contributed by atoms with Gasteiger partial charge in [0.15, 0.2) is 0 Å². The van der Waals surface area contributed by atoms with Crippen LogP contribution < -0.4 is 5.32 Å². The predicted octanol–water partition coefficient (Wildman–Crippen LogP) is 5.77. The van der Waals surface area contributed by atoms with Crippen LogP contribution in [0, 0.1) is 5.92 Å². The van der Waals surface area contributed by atoms with Crippen LogP contribution in [0.25, 0.3) is 0 Å². The van der Waals surface area contributed by atoms with E-state index >= 15 is 0 Å². The van der Waals surface area contributed by atoms with Crippen molar-refractivity contribution < 1.29 is 9.59 Å². The predicted molar refractivity (Wildman–Crippen MR) is 129 cm³/mol. The zero-order valence-electron chi connectivity index (χ0n) is 17.5. The van der Waals surface area contributed by atoms with Gasteiger partial charge in [-0.25, -0.2) is 0 Å². The summed E-state index contributed by atoms with van der Waals surface area (Å²) in [6.45, 7) is 6.86. The monoisotopic (exact) mass is 510 g/mol. The zero-order chi connectivity index (χ0) is 22.1. The van der Waals surface area contributed by atoms with E-state index in [2.05, 4.69) is 21.2 Å². The van der Waals surface area contributed by atoms with Crippen LogP contribution in [0.3, 0.4) is 0 Å². The molecule has 4 nitrogen and oxygen atoms in total. The van der Waals surface area contributed by atoms with Gasteiger partial charge in [0.1, 0.15) is 6.04 Å². The van der Waals surface area contributed by atoms with Gasteiger partial charge >= 0.3 is 0 Å². The third kappa shape index (κ3) is 8.32. The van der Waals surface area contributed by atoms with Crippen LogP contribution in [-0.4, -0.2) is 35.1 Å². The molecule has 1 atom stereocenters. The molecule has 0 spiro atoms. The summed E-state index contributed by atoms with van der Waals surface area (Å²) >= 11 is 11.0. The first-order chi connectivity index (χ1) is 14.3. The number of hydrogen-bond donors (Lipinski definition) is 1. The lowest BCUT2D eigenvalue weighted by molar-refractivity contribution is -0.140. The topological polar surface area (TPSA) is 49.4 Å². The van der Waals surface area contributed by atoms with Crippen LogP contribution in [0.5, 0.6) is 0 Å². The summed E-state index contributed by atoms with van der Waals surface area (Å²) in [5.41, 5.74) is 0.978. The molecule has 0 heterocycles. The molecule has 0 aromatic heterocycles. The molecule has 0 unspecified atom stereocenters. The SMILES string of the molecule is CC(C)CNC(=O)[C@@H](C)N(Cc1cccc(Br)c1)C(=O)CCSc1ccc(Cl)cc1. The maximum absolute atomic E-state index is 13.1. The second kappa shape index (κ2) is 12.4. The molecule has 0 saturated carbocycles. The summed E-state index contributed by atoms with van der Waals surface area (Å²) in [6.07, 6.45) is 0.350. The van der Waals surface area contributed by atoms with E-state index in [0.717, 1.165) is 14.9 Å². The summed E-state index contributed by atoms with van der Waals surface area (Å²) in [5.74, 6) is 0.822. The summed E-state index contributed by atoms with van der Waals surface area (Å²) < 4.78 is 0.947. The number of rotatable bonds is 10. The highest BCUT2D eigenvalue weighted by Gasteiger charge is 2.26. The van der Waals surface area contributed by atoms with E-state index < -0.39 is 6.04 Å². The van der Waals surface area contributed by atoms with Crippen LogP contribution in [0.1, 0.15) is 32.8 Å². The molecular formula is C23H28BrClN2O2S. The van der Waals surface area contributed by atoms with Crippen molar-refractivity contribution in [3.05, 3.63) is 63.6 Å². The molecule has 2 aromatic carbocycles. The fraction of sp³-hybridized carbons (Fsp3) is 0.391. The van der Waals surface area contributed by atoms with Gasteiger partial charge in [-0.05, 0) is 54.8 Å². The molecular weight excluding hydrogens is 484 g/mol. The number of carbonyl (C=O) groups excluding carboxylic acids is 2. The number of carbonyl (C=O) groups is 2. The first kappa shape index (κ1) is 24.8. The minimum atomic E-state index is -0.546. The number of amides is 2. The number of halogens is 2. The molecule has 0 fully saturated rings. The first-order valence-electron chi connectivity index (χ1n) is 9.96. The Morgan fingerprint density at radius 1 is 1.13 bits per heavy atom. The van der Waals surface area contributed by atoms with Crippen molar-refractivity contribution in [2.24, 2.45) is 5.92 Å². The highest BCUT2D eigenvalue weighted by atomic mass is 79.9. The highest BCUT2D eigenvalue weighted by molar-refractivity contribution is 9.10. The Hall–Kier alpha value is -1.50. The maximum Gasteiger partial charge on any atom is 0.242 e. The zero-order valence-corrected chi connectivity index (χ0v) is 20.7. The fourth-order valence-electron chi connectivity index (χ4n) is 2.80. The van der Waals surface area contributed by atoms with Crippen molar-refractivity contribution in [1.82, 2.24) is 10.2 Å². The molecule has 0 aliphatic rings. The molecule has 30 heavy (non-hydrogen) atoms. The molecule has 0 aliphatic carbocycles. The Kier molecular flexibility index (Phi) is 10.2. The van der Waals surface area contributed by atoms with E-state index in [9.17, 15) is 9.59 Å². The molecule has 0 bridgehead atoms. The number of hydrogen-bond acceptors (Lipinski definition) is 3. The average molecular weight is 512 g/mol. The lowest BCUT2D eigenvalue weighted by Gasteiger charge is -2.29. The highest BCUT2D eigenvalue weighted by Crippen LogP contribution is 2.22. The lowest BCUT2D eigenvalue weighted by atomic mass is 10.1. The second-order valence-electron chi connectivity index (χ2n) is 7.52. The van der Waals surface area contributed by atoms with E-state index in [1.165, 1.54) is 0 Å². The van der Waals surface area contributed by atoms with Crippen molar-refractivity contribution >= 4 is 51.1 Å². The van der Waals surface area contributed by atoms with Crippen LogP contribution in [0.4, 0.5) is 0 Å². The molecule has 7 heteroatoms. The van der Waals surface area contributed by atoms with E-state index in [0.29, 0.717) is 36.2 Å². The summed E-state index contributed by atoms with van der Waals surface area (Å²) in [5, 5.41) is 3.63. The number of benzene rings is 2. The van der Waals surface area contributed by atoms with Gasteiger partial charge in [0, 0.05) is 39.7 Å². The maximum atomic E-state index is 13.1. The Labute approximate surface area is 196 Å². The quantitative estimate of drug-likeness (QED) is 0.412. The van der Waals surface area contributed by atoms with Gasteiger partial charge in [-0.3, -0.25) is 9.59 Å². The van der Waals surface area contributed by atoms with Crippen molar-refractivity contribution in [2.45, 2.75) is 44.7 Å². The third-order valence-corrected chi connectivity index (χ3v) is 6.25. The normalized spacial score (nSPS) is 11.9. The average Bonchev–Trinajstić information content (AvgIpc) is 2.71. The fourth-order valence-corrected chi connectivity index (χ4v) is 4.21. The third-order valence-electron chi connectivity index (χ3n) is 4.49. The first-order valence-corrected chi connectivity index (χ1v) is 12.1. The lowest BCUT2D eigenvalue weighted by Crippen LogP contribution is -2.48. The van der Waals surface area contributed by atoms with Crippen LogP contribution in [-0.2, 0) is 16.1 Å². The molecule has 2 aromatic rings. The Bertz CT molecular complexity index is 845. The molecule has 1 N–H and O–H groups in total. The molecule has 0 saturated heterocycles. The van der Waals surface area contributed by atoms with Gasteiger partial charge in [-0.1, -0.05) is 53.5 Å². The Morgan fingerprint density at radius 2 is 1.83 bits per heavy atom. The van der Waals surface area contributed by atoms with Gasteiger partial charge in [0.2, 0.25) is 11.8 Å². The number of nitrogens with zero attached hydrogens (tertiary/aromatic N) is 1. The molecule has 2 rings (SSSR count). The minimum Gasteiger partial charge on any atom is -0.354 e. The standard InChI is InChI=1S/C23H28BrClN2O2S/c1-16(2)14-26-23(29)17(3)27(15-18-5-4-6-19(24)13-18)22(28)11-12-30-21-9-7-20(25)8-10-21/h4-10,13,16-17H,11-12,14-15H2,1-3H3,(H,26,29)/t17-/m1/s1. The van der Waals surface area contributed by atoms with E-state index in [-0.39, 0.29) is 11.8 Å². The molecule has 0 radical (unpaired) electrons. The van der Waals surface area contributed by atoms with E-state index in [1.54, 1.807) is 23.6 Å². The summed E-state index contributed by atoms with van der Waals surface area (Å²) in [4.78, 5) is 28.4. The summed E-state index contributed by atoms with van der Waals surface area (Å²) in [7, 11) is 0. The number of nitrogens with one attached hydrogen (secondary N) is 1.